The van der Waals surface area contributed by atoms with Gasteiger partial charge in [-0.15, -0.1) is 0 Å². The van der Waals surface area contributed by atoms with Crippen LogP contribution in [0.5, 0.6) is 5.75 Å². The average Bonchev–Trinajstić information content (AvgIpc) is 2.18. The van der Waals surface area contributed by atoms with Crippen LogP contribution in [0.4, 0.5) is 4.79 Å². The molecule has 0 saturated carbocycles. The summed E-state index contributed by atoms with van der Waals surface area (Å²) < 4.78 is 13.0. The molecule has 1 heterocycles. The maximum atomic E-state index is 11.8. The minimum Gasteiger partial charge on any atom is -0.487 e. The Hall–Kier alpha value is -0.750. The van der Waals surface area contributed by atoms with Gasteiger partial charge in [-0.25, -0.2) is 4.79 Å². The zero-order valence-electron chi connectivity index (χ0n) is 11.7. The number of carbonyl (C=O) groups is 1. The number of nitrogens with zero attached hydrogens (tertiary/aromatic N) is 1. The van der Waals surface area contributed by atoms with Crippen molar-refractivity contribution in [3.8, 4) is 5.75 Å². The highest BCUT2D eigenvalue weighted by Crippen LogP contribution is 2.27. The molecule has 0 atom stereocenters. The summed E-state index contributed by atoms with van der Waals surface area (Å²) in [5, 5.41) is 0. The normalized spacial score (nSPS) is 15.8. The molecule has 0 bridgehead atoms. The summed E-state index contributed by atoms with van der Waals surface area (Å²) in [7, 11) is 0. The van der Waals surface area contributed by atoms with Gasteiger partial charge in [0.05, 0.1) is 13.1 Å². The Labute approximate surface area is 135 Å². The standard InChI is InChI=1S/C14H17Br2NO3/c1-14(2,3)20-13(18)17-7-12(8-17)19-11-5-9(15)4-10(16)6-11/h4-6,12H,7-8H2,1-3H3. The van der Waals surface area contributed by atoms with Crippen molar-refractivity contribution in [1.82, 2.24) is 4.90 Å². The van der Waals surface area contributed by atoms with Crippen LogP contribution in [-0.4, -0.2) is 35.8 Å². The van der Waals surface area contributed by atoms with E-state index < -0.39 is 5.60 Å². The van der Waals surface area contributed by atoms with E-state index in [0.29, 0.717) is 13.1 Å². The van der Waals surface area contributed by atoms with E-state index in [2.05, 4.69) is 31.9 Å². The molecule has 0 N–H and O–H groups in total. The Balaban J connectivity index is 1.83. The predicted molar refractivity (Wildman–Crippen MR) is 84.1 cm³/mol. The highest BCUT2D eigenvalue weighted by molar-refractivity contribution is 9.11. The summed E-state index contributed by atoms with van der Waals surface area (Å²) in [4.78, 5) is 13.4. The second-order valence-corrected chi connectivity index (χ2v) is 7.56. The van der Waals surface area contributed by atoms with Gasteiger partial charge in [0.1, 0.15) is 17.5 Å². The maximum absolute atomic E-state index is 11.8. The van der Waals surface area contributed by atoms with Crippen LogP contribution in [-0.2, 0) is 4.74 Å². The van der Waals surface area contributed by atoms with Crippen molar-refractivity contribution < 1.29 is 14.3 Å². The van der Waals surface area contributed by atoms with Gasteiger partial charge >= 0.3 is 6.09 Å². The zero-order valence-corrected chi connectivity index (χ0v) is 14.8. The Bertz CT molecular complexity index is 487. The third-order valence-electron chi connectivity index (χ3n) is 2.64. The molecule has 20 heavy (non-hydrogen) atoms. The number of benzene rings is 1. The lowest BCUT2D eigenvalue weighted by Gasteiger charge is -2.39. The van der Waals surface area contributed by atoms with Gasteiger partial charge in [0.2, 0.25) is 0 Å². The van der Waals surface area contributed by atoms with Crippen molar-refractivity contribution in [1.29, 1.82) is 0 Å². The van der Waals surface area contributed by atoms with Crippen LogP contribution >= 0.6 is 31.9 Å². The molecular formula is C14H17Br2NO3. The van der Waals surface area contributed by atoms with E-state index >= 15 is 0 Å². The Kier molecular flexibility index (Phi) is 4.64. The number of ether oxygens (including phenoxy) is 2. The van der Waals surface area contributed by atoms with Crippen molar-refractivity contribution in [2.45, 2.75) is 32.5 Å². The molecule has 1 amide bonds. The number of rotatable bonds is 2. The Morgan fingerprint density at radius 2 is 1.75 bits per heavy atom. The van der Waals surface area contributed by atoms with Gasteiger partial charge in [-0.05, 0) is 39.0 Å². The average molecular weight is 407 g/mol. The van der Waals surface area contributed by atoms with Crippen LogP contribution in [0.15, 0.2) is 27.1 Å². The first-order valence-electron chi connectivity index (χ1n) is 6.33. The molecule has 0 unspecified atom stereocenters. The molecule has 1 fully saturated rings. The van der Waals surface area contributed by atoms with Crippen molar-refractivity contribution in [3.05, 3.63) is 27.1 Å². The van der Waals surface area contributed by atoms with Gasteiger partial charge in [0, 0.05) is 8.95 Å². The van der Waals surface area contributed by atoms with Crippen molar-refractivity contribution in [3.63, 3.8) is 0 Å². The molecular weight excluding hydrogens is 390 g/mol. The number of carbonyl (C=O) groups excluding carboxylic acids is 1. The first kappa shape index (κ1) is 15.6. The van der Waals surface area contributed by atoms with Crippen LogP contribution in [0.3, 0.4) is 0 Å². The molecule has 1 aromatic rings. The smallest absolute Gasteiger partial charge is 0.410 e. The fraction of sp³-hybridized carbons (Fsp3) is 0.500. The lowest BCUT2D eigenvalue weighted by molar-refractivity contribution is -0.0221. The molecule has 1 aliphatic rings. The fourth-order valence-electron chi connectivity index (χ4n) is 1.78. The van der Waals surface area contributed by atoms with Gasteiger partial charge in [-0.1, -0.05) is 31.9 Å². The number of hydrogen-bond acceptors (Lipinski definition) is 3. The monoisotopic (exact) mass is 405 g/mol. The quantitative estimate of drug-likeness (QED) is 0.738. The topological polar surface area (TPSA) is 38.8 Å². The second-order valence-electron chi connectivity index (χ2n) is 5.73. The molecule has 1 saturated heterocycles. The first-order valence-corrected chi connectivity index (χ1v) is 7.92. The molecule has 110 valence electrons. The molecule has 6 heteroatoms. The van der Waals surface area contributed by atoms with E-state index in [9.17, 15) is 4.79 Å². The molecule has 2 rings (SSSR count). The summed E-state index contributed by atoms with van der Waals surface area (Å²) in [6.07, 6.45) is -0.267. The van der Waals surface area contributed by atoms with Crippen LogP contribution in [0.2, 0.25) is 0 Å². The Morgan fingerprint density at radius 3 is 2.25 bits per heavy atom. The molecule has 0 radical (unpaired) electrons. The highest BCUT2D eigenvalue weighted by Gasteiger charge is 2.35. The van der Waals surface area contributed by atoms with Crippen LogP contribution in [0, 0.1) is 0 Å². The number of halogens is 2. The second kappa shape index (κ2) is 5.93. The number of likely N-dealkylation sites (tertiary alicyclic amines) is 1. The van der Waals surface area contributed by atoms with Gasteiger partial charge in [-0.3, -0.25) is 0 Å². The molecule has 4 nitrogen and oxygen atoms in total. The SMILES string of the molecule is CC(C)(C)OC(=O)N1CC(Oc2cc(Br)cc(Br)c2)C1. The third kappa shape index (κ3) is 4.38. The van der Waals surface area contributed by atoms with Crippen LogP contribution in [0.1, 0.15) is 20.8 Å². The van der Waals surface area contributed by atoms with Crippen molar-refractivity contribution in [2.75, 3.05) is 13.1 Å². The van der Waals surface area contributed by atoms with Crippen molar-refractivity contribution >= 4 is 38.0 Å². The minimum absolute atomic E-state index is 0.0173. The summed E-state index contributed by atoms with van der Waals surface area (Å²) in [5.74, 6) is 0.778. The van der Waals surface area contributed by atoms with E-state index in [1.54, 1.807) is 4.90 Å². The summed E-state index contributed by atoms with van der Waals surface area (Å²) in [5.41, 5.74) is -0.460. The van der Waals surface area contributed by atoms with E-state index in [-0.39, 0.29) is 12.2 Å². The summed E-state index contributed by atoms with van der Waals surface area (Å²) >= 11 is 6.83. The van der Waals surface area contributed by atoms with E-state index in [1.165, 1.54) is 0 Å². The van der Waals surface area contributed by atoms with Crippen LogP contribution in [0.25, 0.3) is 0 Å². The predicted octanol–water partition coefficient (Wildman–Crippen LogP) is 4.21. The minimum atomic E-state index is -0.460. The van der Waals surface area contributed by atoms with Gasteiger partial charge < -0.3 is 14.4 Å². The Morgan fingerprint density at radius 1 is 1.20 bits per heavy atom. The lowest BCUT2D eigenvalue weighted by atomic mass is 10.1. The first-order chi connectivity index (χ1) is 9.23. The number of amides is 1. The summed E-state index contributed by atoms with van der Waals surface area (Å²) in [6.45, 7) is 6.69. The van der Waals surface area contributed by atoms with Crippen LogP contribution < -0.4 is 4.74 Å². The van der Waals surface area contributed by atoms with E-state index in [4.69, 9.17) is 9.47 Å². The molecule has 0 aliphatic carbocycles. The molecule has 1 aliphatic heterocycles. The van der Waals surface area contributed by atoms with Gasteiger partial charge in [-0.2, -0.15) is 0 Å². The van der Waals surface area contributed by atoms with E-state index in [1.807, 2.05) is 39.0 Å². The zero-order chi connectivity index (χ0) is 14.9. The van der Waals surface area contributed by atoms with Gasteiger partial charge in [0.25, 0.3) is 0 Å². The fourth-order valence-corrected chi connectivity index (χ4v) is 3.03. The van der Waals surface area contributed by atoms with E-state index in [0.717, 1.165) is 14.7 Å². The molecule has 0 spiro atoms. The summed E-state index contributed by atoms with van der Waals surface area (Å²) in [6, 6.07) is 5.75. The van der Waals surface area contributed by atoms with Gasteiger partial charge in [0.15, 0.2) is 0 Å². The number of hydrogen-bond donors (Lipinski definition) is 0. The lowest BCUT2D eigenvalue weighted by Crippen LogP contribution is -2.57. The van der Waals surface area contributed by atoms with Crippen molar-refractivity contribution in [2.24, 2.45) is 0 Å². The maximum Gasteiger partial charge on any atom is 0.410 e. The highest BCUT2D eigenvalue weighted by atomic mass is 79.9. The molecule has 1 aromatic carbocycles. The third-order valence-corrected chi connectivity index (χ3v) is 3.55. The molecule has 0 aromatic heterocycles. The largest absolute Gasteiger partial charge is 0.487 e.